The standard InChI is InChI=1S/C13H12N4O4/c14-10-3-1-9(2-4-10)8-15-12-6-5-11(16(18)19)7-13(12)17(20)21/h1-7,15H,8,14H2. The van der Waals surface area contributed by atoms with Crippen molar-refractivity contribution < 1.29 is 9.85 Å². The monoisotopic (exact) mass is 288 g/mol. The van der Waals surface area contributed by atoms with E-state index in [1.165, 1.54) is 12.1 Å². The molecule has 0 aliphatic heterocycles. The minimum Gasteiger partial charge on any atom is -0.399 e. The van der Waals surface area contributed by atoms with Gasteiger partial charge in [-0.2, -0.15) is 0 Å². The molecule has 8 nitrogen and oxygen atoms in total. The van der Waals surface area contributed by atoms with E-state index in [1.807, 2.05) is 0 Å². The highest BCUT2D eigenvalue weighted by Gasteiger charge is 2.19. The van der Waals surface area contributed by atoms with Crippen molar-refractivity contribution in [1.82, 2.24) is 0 Å². The number of benzene rings is 2. The highest BCUT2D eigenvalue weighted by Crippen LogP contribution is 2.29. The number of nitro benzene ring substituents is 2. The second-order valence-electron chi connectivity index (χ2n) is 4.31. The van der Waals surface area contributed by atoms with E-state index in [1.54, 1.807) is 24.3 Å². The van der Waals surface area contributed by atoms with E-state index >= 15 is 0 Å². The molecule has 8 heteroatoms. The van der Waals surface area contributed by atoms with E-state index in [0.29, 0.717) is 12.2 Å². The van der Waals surface area contributed by atoms with E-state index in [2.05, 4.69) is 5.32 Å². The van der Waals surface area contributed by atoms with Crippen LogP contribution in [0.15, 0.2) is 42.5 Å². The van der Waals surface area contributed by atoms with Crippen molar-refractivity contribution in [2.45, 2.75) is 6.54 Å². The molecule has 2 rings (SSSR count). The highest BCUT2D eigenvalue weighted by molar-refractivity contribution is 5.65. The van der Waals surface area contributed by atoms with Crippen LogP contribution in [0.2, 0.25) is 0 Å². The second-order valence-corrected chi connectivity index (χ2v) is 4.31. The van der Waals surface area contributed by atoms with Crippen LogP contribution in [0.25, 0.3) is 0 Å². The Hall–Kier alpha value is -3.16. The molecule has 2 aromatic carbocycles. The third kappa shape index (κ3) is 3.44. The summed E-state index contributed by atoms with van der Waals surface area (Å²) in [7, 11) is 0. The first-order valence-electron chi connectivity index (χ1n) is 5.98. The summed E-state index contributed by atoms with van der Waals surface area (Å²) >= 11 is 0. The van der Waals surface area contributed by atoms with Gasteiger partial charge in [-0.1, -0.05) is 12.1 Å². The molecule has 0 saturated carbocycles. The van der Waals surface area contributed by atoms with Crippen LogP contribution < -0.4 is 11.1 Å². The summed E-state index contributed by atoms with van der Waals surface area (Å²) in [5.74, 6) is 0. The van der Waals surface area contributed by atoms with Crippen LogP contribution in [-0.4, -0.2) is 9.85 Å². The van der Waals surface area contributed by atoms with Crippen molar-refractivity contribution >= 4 is 22.7 Å². The van der Waals surface area contributed by atoms with Crippen LogP contribution in [0, 0.1) is 20.2 Å². The minimum absolute atomic E-state index is 0.224. The smallest absolute Gasteiger partial charge is 0.299 e. The molecule has 108 valence electrons. The maximum absolute atomic E-state index is 11.0. The minimum atomic E-state index is -0.670. The Kier molecular flexibility index (Phi) is 3.98. The number of nitrogens with zero attached hydrogens (tertiary/aromatic N) is 2. The van der Waals surface area contributed by atoms with Gasteiger partial charge in [0.05, 0.1) is 15.9 Å². The molecule has 0 unspecified atom stereocenters. The van der Waals surface area contributed by atoms with E-state index < -0.39 is 9.85 Å². The first kappa shape index (κ1) is 14.3. The van der Waals surface area contributed by atoms with Gasteiger partial charge in [-0.05, 0) is 23.8 Å². The predicted octanol–water partition coefficient (Wildman–Crippen LogP) is 2.70. The topological polar surface area (TPSA) is 124 Å². The number of anilines is 2. The van der Waals surface area contributed by atoms with E-state index in [9.17, 15) is 20.2 Å². The van der Waals surface area contributed by atoms with Crippen molar-refractivity contribution in [2.75, 3.05) is 11.1 Å². The Morgan fingerprint density at radius 3 is 2.24 bits per heavy atom. The number of hydrogen-bond acceptors (Lipinski definition) is 6. The van der Waals surface area contributed by atoms with Gasteiger partial charge in [0.1, 0.15) is 5.69 Å². The molecule has 0 aliphatic carbocycles. The van der Waals surface area contributed by atoms with Crippen LogP contribution in [0.3, 0.4) is 0 Å². The number of nitrogen functional groups attached to an aromatic ring is 1. The van der Waals surface area contributed by atoms with Gasteiger partial charge in [0.25, 0.3) is 11.4 Å². The van der Waals surface area contributed by atoms with Crippen molar-refractivity contribution in [2.24, 2.45) is 0 Å². The van der Waals surface area contributed by atoms with E-state index in [4.69, 9.17) is 5.73 Å². The molecule has 0 aliphatic rings. The molecule has 0 amide bonds. The molecule has 0 radical (unpaired) electrons. The molecule has 0 spiro atoms. The number of rotatable bonds is 5. The van der Waals surface area contributed by atoms with Crippen molar-refractivity contribution in [1.29, 1.82) is 0 Å². The van der Waals surface area contributed by atoms with Crippen LogP contribution in [-0.2, 0) is 6.54 Å². The van der Waals surface area contributed by atoms with Gasteiger partial charge in [0.15, 0.2) is 0 Å². The number of non-ortho nitro benzene ring substituents is 1. The molecule has 0 bridgehead atoms. The molecular weight excluding hydrogens is 276 g/mol. The van der Waals surface area contributed by atoms with Gasteiger partial charge < -0.3 is 11.1 Å². The molecule has 0 aromatic heterocycles. The first-order chi connectivity index (χ1) is 9.97. The van der Waals surface area contributed by atoms with E-state index in [-0.39, 0.29) is 17.1 Å². The molecule has 21 heavy (non-hydrogen) atoms. The van der Waals surface area contributed by atoms with Gasteiger partial charge in [0.2, 0.25) is 0 Å². The summed E-state index contributed by atoms with van der Waals surface area (Å²) in [6.07, 6.45) is 0. The predicted molar refractivity (Wildman–Crippen MR) is 77.9 cm³/mol. The largest absolute Gasteiger partial charge is 0.399 e. The fraction of sp³-hybridized carbons (Fsp3) is 0.0769. The second kappa shape index (κ2) is 5.87. The molecule has 0 fully saturated rings. The van der Waals surface area contributed by atoms with Crippen LogP contribution in [0.1, 0.15) is 5.56 Å². The van der Waals surface area contributed by atoms with Crippen LogP contribution in [0.4, 0.5) is 22.7 Å². The van der Waals surface area contributed by atoms with Gasteiger partial charge in [0, 0.05) is 18.3 Å². The maximum Gasteiger partial charge on any atom is 0.299 e. The summed E-state index contributed by atoms with van der Waals surface area (Å²) in [6, 6.07) is 10.5. The van der Waals surface area contributed by atoms with Crippen molar-refractivity contribution in [3.8, 4) is 0 Å². The summed E-state index contributed by atoms with van der Waals surface area (Å²) in [5, 5.41) is 24.5. The lowest BCUT2D eigenvalue weighted by atomic mass is 10.2. The summed E-state index contributed by atoms with van der Waals surface area (Å²) in [4.78, 5) is 20.3. The lowest BCUT2D eigenvalue weighted by Gasteiger charge is -2.07. The number of nitrogens with two attached hydrogens (primary N) is 1. The summed E-state index contributed by atoms with van der Waals surface area (Å²) < 4.78 is 0. The van der Waals surface area contributed by atoms with Gasteiger partial charge in [-0.3, -0.25) is 20.2 Å². The van der Waals surface area contributed by atoms with Gasteiger partial charge in [-0.15, -0.1) is 0 Å². The molecule has 2 aromatic rings. The number of hydrogen-bond donors (Lipinski definition) is 2. The first-order valence-corrected chi connectivity index (χ1v) is 5.98. The molecule has 0 atom stereocenters. The molecule has 3 N–H and O–H groups in total. The lowest BCUT2D eigenvalue weighted by molar-refractivity contribution is -0.393. The van der Waals surface area contributed by atoms with Crippen LogP contribution in [0.5, 0.6) is 0 Å². The Labute approximate surface area is 119 Å². The van der Waals surface area contributed by atoms with E-state index in [0.717, 1.165) is 11.6 Å². The molecule has 0 heterocycles. The average molecular weight is 288 g/mol. The lowest BCUT2D eigenvalue weighted by Crippen LogP contribution is -2.03. The van der Waals surface area contributed by atoms with Crippen molar-refractivity contribution in [3.05, 3.63) is 68.3 Å². The molecule has 0 saturated heterocycles. The Balaban J connectivity index is 2.21. The normalized spacial score (nSPS) is 10.1. The Bertz CT molecular complexity index is 685. The zero-order valence-corrected chi connectivity index (χ0v) is 10.9. The SMILES string of the molecule is Nc1ccc(CNc2ccc([N+](=O)[O-])cc2[N+](=O)[O-])cc1. The Morgan fingerprint density at radius 2 is 1.67 bits per heavy atom. The zero-order valence-electron chi connectivity index (χ0n) is 10.9. The summed E-state index contributed by atoms with van der Waals surface area (Å²) in [5.41, 5.74) is 6.65. The highest BCUT2D eigenvalue weighted by atomic mass is 16.6. The van der Waals surface area contributed by atoms with Gasteiger partial charge >= 0.3 is 0 Å². The van der Waals surface area contributed by atoms with Crippen LogP contribution >= 0.6 is 0 Å². The fourth-order valence-electron chi connectivity index (χ4n) is 1.77. The zero-order chi connectivity index (χ0) is 15.4. The average Bonchev–Trinajstić information content (AvgIpc) is 2.46. The third-order valence-electron chi connectivity index (χ3n) is 2.85. The van der Waals surface area contributed by atoms with Crippen molar-refractivity contribution in [3.63, 3.8) is 0 Å². The Morgan fingerprint density at radius 1 is 1.00 bits per heavy atom. The summed E-state index contributed by atoms with van der Waals surface area (Å²) in [6.45, 7) is 0.346. The van der Waals surface area contributed by atoms with Gasteiger partial charge in [-0.25, -0.2) is 0 Å². The number of nitrogens with one attached hydrogen (secondary N) is 1. The maximum atomic E-state index is 11.0. The third-order valence-corrected chi connectivity index (χ3v) is 2.85. The fourth-order valence-corrected chi connectivity index (χ4v) is 1.77. The quantitative estimate of drug-likeness (QED) is 0.495. The number of nitro groups is 2. The molecular formula is C13H12N4O4.